The summed E-state index contributed by atoms with van der Waals surface area (Å²) < 4.78 is 24.0. The summed E-state index contributed by atoms with van der Waals surface area (Å²) in [6.45, 7) is 1.50. The third-order valence-corrected chi connectivity index (χ3v) is 5.19. The zero-order chi connectivity index (χ0) is 12.3. The Morgan fingerprint density at radius 2 is 2.12 bits per heavy atom. The van der Waals surface area contributed by atoms with Crippen molar-refractivity contribution in [2.75, 3.05) is 5.88 Å². The van der Waals surface area contributed by atoms with Gasteiger partial charge in [-0.25, -0.2) is 8.42 Å². The number of benzene rings is 1. The van der Waals surface area contributed by atoms with Crippen LogP contribution in [0.1, 0.15) is 12.5 Å². The van der Waals surface area contributed by atoms with E-state index in [0.717, 1.165) is 0 Å². The molecule has 1 atom stereocenters. The molecule has 1 aromatic carbocycles. The fraction of sp³-hybridized carbons (Fsp3) is 0.300. The second-order valence-corrected chi connectivity index (χ2v) is 6.34. The van der Waals surface area contributed by atoms with Crippen LogP contribution in [-0.4, -0.2) is 19.5 Å². The van der Waals surface area contributed by atoms with Crippen molar-refractivity contribution in [2.24, 2.45) is 0 Å². The van der Waals surface area contributed by atoms with Crippen LogP contribution in [0.25, 0.3) is 0 Å². The zero-order valence-electron chi connectivity index (χ0n) is 8.44. The lowest BCUT2D eigenvalue weighted by Crippen LogP contribution is -2.20. The van der Waals surface area contributed by atoms with Crippen molar-refractivity contribution in [3.63, 3.8) is 0 Å². The van der Waals surface area contributed by atoms with E-state index in [4.69, 9.17) is 28.5 Å². The molecule has 0 aliphatic heterocycles. The van der Waals surface area contributed by atoms with Crippen molar-refractivity contribution in [1.82, 2.24) is 0 Å². The van der Waals surface area contributed by atoms with Crippen LogP contribution in [0.3, 0.4) is 0 Å². The lowest BCUT2D eigenvalue weighted by molar-refractivity contribution is 0.587. The van der Waals surface area contributed by atoms with Gasteiger partial charge < -0.3 is 0 Å². The van der Waals surface area contributed by atoms with Gasteiger partial charge in [0.25, 0.3) is 0 Å². The Morgan fingerprint density at radius 3 is 2.62 bits per heavy atom. The van der Waals surface area contributed by atoms with Crippen molar-refractivity contribution in [2.45, 2.75) is 17.1 Å². The number of halogens is 2. The molecule has 0 fully saturated rings. The maximum absolute atomic E-state index is 12.0. The Hall–Kier alpha value is -0.760. The molecule has 0 spiro atoms. The molecule has 0 saturated carbocycles. The average Bonchev–Trinajstić information content (AvgIpc) is 2.27. The number of hydrogen-bond acceptors (Lipinski definition) is 3. The quantitative estimate of drug-likeness (QED) is 0.798. The third-order valence-electron chi connectivity index (χ3n) is 2.12. The Bertz CT molecular complexity index is 534. The molecular formula is C10H9Cl2NO2S. The van der Waals surface area contributed by atoms with Gasteiger partial charge in [-0.3, -0.25) is 0 Å². The summed E-state index contributed by atoms with van der Waals surface area (Å²) in [6.07, 6.45) is 0. The molecule has 6 heteroatoms. The summed E-state index contributed by atoms with van der Waals surface area (Å²) >= 11 is 11.2. The van der Waals surface area contributed by atoms with Gasteiger partial charge in [0.15, 0.2) is 9.84 Å². The molecule has 0 aliphatic rings. The van der Waals surface area contributed by atoms with Crippen molar-refractivity contribution in [3.8, 4) is 6.07 Å². The molecule has 0 heterocycles. The predicted octanol–water partition coefficient (Wildman–Crippen LogP) is 2.61. The molecule has 0 bridgehead atoms. The van der Waals surface area contributed by atoms with Gasteiger partial charge >= 0.3 is 0 Å². The standard InChI is InChI=1S/C10H9Cl2NO2S/c1-7(5-11)16(14,15)10-3-2-9(12)4-8(10)6-13/h2-4,7H,5H2,1H3. The second-order valence-electron chi connectivity index (χ2n) is 3.26. The summed E-state index contributed by atoms with van der Waals surface area (Å²) in [4.78, 5) is -0.0208. The van der Waals surface area contributed by atoms with E-state index in [1.54, 1.807) is 0 Å². The minimum absolute atomic E-state index is 0.0180. The van der Waals surface area contributed by atoms with Crippen molar-refractivity contribution < 1.29 is 8.42 Å². The van der Waals surface area contributed by atoms with Crippen LogP contribution < -0.4 is 0 Å². The van der Waals surface area contributed by atoms with Gasteiger partial charge in [0.1, 0.15) is 6.07 Å². The van der Waals surface area contributed by atoms with Crippen LogP contribution in [0.5, 0.6) is 0 Å². The molecule has 16 heavy (non-hydrogen) atoms. The van der Waals surface area contributed by atoms with Gasteiger partial charge in [-0.15, -0.1) is 11.6 Å². The molecule has 0 saturated heterocycles. The van der Waals surface area contributed by atoms with Crippen LogP contribution in [0.15, 0.2) is 23.1 Å². The van der Waals surface area contributed by atoms with E-state index in [1.165, 1.54) is 25.1 Å². The van der Waals surface area contributed by atoms with E-state index in [-0.39, 0.29) is 16.3 Å². The van der Waals surface area contributed by atoms with Gasteiger partial charge in [-0.05, 0) is 25.1 Å². The Morgan fingerprint density at radius 1 is 1.50 bits per heavy atom. The Balaban J connectivity index is 3.41. The molecular weight excluding hydrogens is 269 g/mol. The molecule has 86 valence electrons. The van der Waals surface area contributed by atoms with E-state index in [1.807, 2.05) is 6.07 Å². The Kier molecular flexibility index (Phi) is 4.20. The van der Waals surface area contributed by atoms with Crippen LogP contribution in [-0.2, 0) is 9.84 Å². The molecule has 0 aliphatic carbocycles. The molecule has 0 amide bonds. The van der Waals surface area contributed by atoms with Crippen molar-refractivity contribution in [3.05, 3.63) is 28.8 Å². The first-order valence-corrected chi connectivity index (χ1v) is 6.89. The van der Waals surface area contributed by atoms with Gasteiger partial charge in [-0.1, -0.05) is 11.6 Å². The zero-order valence-corrected chi connectivity index (χ0v) is 10.8. The second kappa shape index (κ2) is 5.05. The van der Waals surface area contributed by atoms with Gasteiger partial charge in [0, 0.05) is 10.9 Å². The van der Waals surface area contributed by atoms with E-state index >= 15 is 0 Å². The lowest BCUT2D eigenvalue weighted by atomic mass is 10.2. The van der Waals surface area contributed by atoms with Crippen LogP contribution in [0.4, 0.5) is 0 Å². The smallest absolute Gasteiger partial charge is 0.183 e. The third kappa shape index (κ3) is 2.49. The number of alkyl halides is 1. The highest BCUT2D eigenvalue weighted by Gasteiger charge is 2.25. The molecule has 0 aromatic heterocycles. The SMILES string of the molecule is CC(CCl)S(=O)(=O)c1ccc(Cl)cc1C#N. The number of hydrogen-bond donors (Lipinski definition) is 0. The number of sulfone groups is 1. The molecule has 3 nitrogen and oxygen atoms in total. The van der Waals surface area contributed by atoms with E-state index in [0.29, 0.717) is 5.02 Å². The first-order chi connectivity index (χ1) is 7.43. The highest BCUT2D eigenvalue weighted by Crippen LogP contribution is 2.23. The summed E-state index contributed by atoms with van der Waals surface area (Å²) in [6, 6.07) is 5.92. The molecule has 1 rings (SSSR count). The fourth-order valence-corrected chi connectivity index (χ4v) is 3.08. The number of nitriles is 1. The first-order valence-electron chi connectivity index (χ1n) is 4.43. The summed E-state index contributed by atoms with van der Waals surface area (Å²) in [7, 11) is -3.56. The van der Waals surface area contributed by atoms with E-state index in [2.05, 4.69) is 0 Å². The fourth-order valence-electron chi connectivity index (χ4n) is 1.14. The predicted molar refractivity (Wildman–Crippen MR) is 63.5 cm³/mol. The molecule has 0 radical (unpaired) electrons. The van der Waals surface area contributed by atoms with Gasteiger partial charge in [0.2, 0.25) is 0 Å². The molecule has 0 N–H and O–H groups in total. The van der Waals surface area contributed by atoms with Gasteiger partial charge in [0.05, 0.1) is 15.7 Å². The monoisotopic (exact) mass is 277 g/mol. The van der Waals surface area contributed by atoms with Crippen LogP contribution in [0.2, 0.25) is 5.02 Å². The van der Waals surface area contributed by atoms with Crippen LogP contribution >= 0.6 is 23.2 Å². The normalized spacial score (nSPS) is 13.1. The van der Waals surface area contributed by atoms with Crippen molar-refractivity contribution >= 4 is 33.0 Å². The molecule has 1 unspecified atom stereocenters. The topological polar surface area (TPSA) is 57.9 Å². The number of rotatable bonds is 3. The van der Waals surface area contributed by atoms with Crippen LogP contribution in [0, 0.1) is 11.3 Å². The largest absolute Gasteiger partial charge is 0.223 e. The maximum Gasteiger partial charge on any atom is 0.183 e. The minimum Gasteiger partial charge on any atom is -0.223 e. The summed E-state index contributed by atoms with van der Waals surface area (Å²) in [5.41, 5.74) is 0.0458. The lowest BCUT2D eigenvalue weighted by Gasteiger charge is -2.11. The Labute approximate surface area is 105 Å². The first kappa shape index (κ1) is 13.3. The van der Waals surface area contributed by atoms with E-state index < -0.39 is 15.1 Å². The maximum atomic E-state index is 12.0. The average molecular weight is 278 g/mol. The van der Waals surface area contributed by atoms with E-state index in [9.17, 15) is 8.42 Å². The number of nitrogens with zero attached hydrogens (tertiary/aromatic N) is 1. The van der Waals surface area contributed by atoms with Crippen molar-refractivity contribution in [1.29, 1.82) is 5.26 Å². The summed E-state index contributed by atoms with van der Waals surface area (Å²) in [5, 5.41) is 8.45. The minimum atomic E-state index is -3.56. The summed E-state index contributed by atoms with van der Waals surface area (Å²) in [5.74, 6) is -0.0180. The highest BCUT2D eigenvalue weighted by atomic mass is 35.5. The molecule has 1 aromatic rings. The highest BCUT2D eigenvalue weighted by molar-refractivity contribution is 7.92. The van der Waals surface area contributed by atoms with Gasteiger partial charge in [-0.2, -0.15) is 5.26 Å².